The van der Waals surface area contributed by atoms with Gasteiger partial charge in [-0.1, -0.05) is 12.1 Å². The highest BCUT2D eigenvalue weighted by Crippen LogP contribution is 2.32. The van der Waals surface area contributed by atoms with Crippen LogP contribution in [0.5, 0.6) is 11.6 Å². The number of ether oxygens (including phenoxy) is 1. The lowest BCUT2D eigenvalue weighted by molar-refractivity contribution is 0.428. The Bertz CT molecular complexity index is 802. The largest absolute Gasteiger partial charge is 0.437 e. The summed E-state index contributed by atoms with van der Waals surface area (Å²) in [4.78, 5) is 4.09. The monoisotopic (exact) mass is 312 g/mol. The molecule has 3 aromatic rings. The van der Waals surface area contributed by atoms with E-state index in [0.717, 1.165) is 16.9 Å². The summed E-state index contributed by atoms with van der Waals surface area (Å²) in [7, 11) is 1.79. The fraction of sp³-hybridized carbons (Fsp3) is 0.176. The number of anilines is 1. The molecular weight excluding hydrogens is 295 g/mol. The van der Waals surface area contributed by atoms with E-state index in [1.807, 2.05) is 19.1 Å². The van der Waals surface area contributed by atoms with Gasteiger partial charge in [-0.15, -0.1) is 0 Å². The molecule has 0 saturated heterocycles. The summed E-state index contributed by atoms with van der Waals surface area (Å²) >= 11 is 0. The van der Waals surface area contributed by atoms with Gasteiger partial charge in [-0.05, 0) is 30.7 Å². The van der Waals surface area contributed by atoms with Gasteiger partial charge in [-0.25, -0.2) is 9.07 Å². The van der Waals surface area contributed by atoms with Crippen LogP contribution in [-0.2, 0) is 13.6 Å². The van der Waals surface area contributed by atoms with Gasteiger partial charge in [0.2, 0.25) is 5.88 Å². The van der Waals surface area contributed by atoms with Crippen molar-refractivity contribution in [2.24, 2.45) is 7.05 Å². The summed E-state index contributed by atoms with van der Waals surface area (Å²) in [5, 5.41) is 7.67. The van der Waals surface area contributed by atoms with E-state index in [2.05, 4.69) is 15.4 Å². The predicted molar refractivity (Wildman–Crippen MR) is 86.0 cm³/mol. The van der Waals surface area contributed by atoms with Crippen LogP contribution in [0.1, 0.15) is 11.3 Å². The molecule has 0 bridgehead atoms. The third kappa shape index (κ3) is 3.48. The maximum absolute atomic E-state index is 13.3. The first-order chi connectivity index (χ1) is 11.1. The van der Waals surface area contributed by atoms with Crippen molar-refractivity contribution in [2.45, 2.75) is 13.5 Å². The Kier molecular flexibility index (Phi) is 4.23. The minimum Gasteiger partial charge on any atom is -0.437 e. The molecule has 5 nitrogen and oxygen atoms in total. The smallest absolute Gasteiger partial charge is 0.241 e. The fourth-order valence-corrected chi connectivity index (χ4v) is 2.29. The van der Waals surface area contributed by atoms with Crippen LogP contribution in [0, 0.1) is 12.7 Å². The molecule has 0 aliphatic carbocycles. The second-order valence-corrected chi connectivity index (χ2v) is 5.16. The van der Waals surface area contributed by atoms with Gasteiger partial charge in [0.1, 0.15) is 17.3 Å². The van der Waals surface area contributed by atoms with Crippen LogP contribution in [-0.4, -0.2) is 14.8 Å². The Morgan fingerprint density at radius 1 is 1.26 bits per heavy atom. The number of halogens is 1. The van der Waals surface area contributed by atoms with E-state index in [0.29, 0.717) is 18.2 Å². The number of hydrogen-bond donors (Lipinski definition) is 1. The highest BCUT2D eigenvalue weighted by atomic mass is 19.1. The first-order valence-electron chi connectivity index (χ1n) is 7.23. The predicted octanol–water partition coefficient (Wildman–Crippen LogP) is 3.67. The molecule has 3 rings (SSSR count). The van der Waals surface area contributed by atoms with Gasteiger partial charge in [-0.3, -0.25) is 4.98 Å². The van der Waals surface area contributed by atoms with Crippen LogP contribution in [0.4, 0.5) is 10.1 Å². The van der Waals surface area contributed by atoms with Crippen LogP contribution < -0.4 is 10.1 Å². The first-order valence-corrected chi connectivity index (χ1v) is 7.23. The van der Waals surface area contributed by atoms with E-state index in [-0.39, 0.29) is 5.82 Å². The van der Waals surface area contributed by atoms with Crippen molar-refractivity contribution in [1.82, 2.24) is 14.8 Å². The number of aromatic nitrogens is 3. The number of aryl methyl sites for hydroxylation is 2. The van der Waals surface area contributed by atoms with E-state index in [4.69, 9.17) is 4.74 Å². The Morgan fingerprint density at radius 3 is 2.87 bits per heavy atom. The van der Waals surface area contributed by atoms with E-state index in [1.165, 1.54) is 12.1 Å². The average molecular weight is 312 g/mol. The van der Waals surface area contributed by atoms with Gasteiger partial charge in [0, 0.05) is 32.1 Å². The second kappa shape index (κ2) is 6.48. The van der Waals surface area contributed by atoms with Crippen molar-refractivity contribution >= 4 is 5.69 Å². The Hall–Kier alpha value is -2.89. The van der Waals surface area contributed by atoms with Crippen LogP contribution >= 0.6 is 0 Å². The van der Waals surface area contributed by atoms with Gasteiger partial charge in [0.05, 0.1) is 5.69 Å². The number of nitrogens with zero attached hydrogens (tertiary/aromatic N) is 3. The summed E-state index contributed by atoms with van der Waals surface area (Å²) in [6.07, 6.45) is 3.53. The SMILES string of the molecule is Cc1nn(C)c(Oc2cccc(F)c2)c1NCc1cccnc1. The Morgan fingerprint density at radius 2 is 2.13 bits per heavy atom. The van der Waals surface area contributed by atoms with E-state index in [9.17, 15) is 4.39 Å². The molecule has 118 valence electrons. The summed E-state index contributed by atoms with van der Waals surface area (Å²) in [5.74, 6) is 0.626. The van der Waals surface area contributed by atoms with Crippen LogP contribution in [0.3, 0.4) is 0 Å². The first kappa shape index (κ1) is 15.0. The molecule has 2 heterocycles. The van der Waals surface area contributed by atoms with Crippen molar-refractivity contribution in [2.75, 3.05) is 5.32 Å². The van der Waals surface area contributed by atoms with Crippen molar-refractivity contribution in [3.63, 3.8) is 0 Å². The van der Waals surface area contributed by atoms with Crippen molar-refractivity contribution in [3.05, 3.63) is 65.9 Å². The number of nitrogens with one attached hydrogen (secondary N) is 1. The molecule has 0 radical (unpaired) electrons. The van der Waals surface area contributed by atoms with Crippen molar-refractivity contribution in [3.8, 4) is 11.6 Å². The fourth-order valence-electron chi connectivity index (χ4n) is 2.29. The van der Waals surface area contributed by atoms with Gasteiger partial charge >= 0.3 is 0 Å². The van der Waals surface area contributed by atoms with Gasteiger partial charge < -0.3 is 10.1 Å². The van der Waals surface area contributed by atoms with Crippen molar-refractivity contribution < 1.29 is 9.13 Å². The highest BCUT2D eigenvalue weighted by Gasteiger charge is 2.15. The minimum atomic E-state index is -0.341. The molecule has 0 saturated carbocycles. The molecule has 0 amide bonds. The molecule has 23 heavy (non-hydrogen) atoms. The molecule has 0 fully saturated rings. The summed E-state index contributed by atoms with van der Waals surface area (Å²) < 4.78 is 20.8. The number of benzene rings is 1. The third-order valence-electron chi connectivity index (χ3n) is 3.37. The summed E-state index contributed by atoms with van der Waals surface area (Å²) in [6, 6.07) is 9.90. The van der Waals surface area contributed by atoms with E-state index >= 15 is 0 Å². The summed E-state index contributed by atoms with van der Waals surface area (Å²) in [6.45, 7) is 2.49. The molecule has 0 spiro atoms. The Balaban J connectivity index is 1.83. The van der Waals surface area contributed by atoms with Crippen LogP contribution in [0.15, 0.2) is 48.8 Å². The zero-order valence-electron chi connectivity index (χ0n) is 13.0. The standard InChI is InChI=1S/C17H17FN4O/c1-12-16(20-11-13-5-4-8-19-10-13)17(22(2)21-12)23-15-7-3-6-14(18)9-15/h3-10,20H,11H2,1-2H3. The van der Waals surface area contributed by atoms with Gasteiger partial charge in [-0.2, -0.15) is 5.10 Å². The van der Waals surface area contributed by atoms with Gasteiger partial charge in [0.25, 0.3) is 0 Å². The molecule has 1 aromatic carbocycles. The molecule has 0 unspecified atom stereocenters. The number of hydrogen-bond acceptors (Lipinski definition) is 4. The third-order valence-corrected chi connectivity index (χ3v) is 3.37. The average Bonchev–Trinajstić information content (AvgIpc) is 2.80. The zero-order valence-corrected chi connectivity index (χ0v) is 13.0. The maximum Gasteiger partial charge on any atom is 0.241 e. The van der Waals surface area contributed by atoms with E-state index < -0.39 is 0 Å². The molecule has 0 aliphatic rings. The number of pyridine rings is 1. The zero-order chi connectivity index (χ0) is 16.2. The lowest BCUT2D eigenvalue weighted by Gasteiger charge is -2.10. The second-order valence-electron chi connectivity index (χ2n) is 5.16. The number of rotatable bonds is 5. The normalized spacial score (nSPS) is 10.6. The molecule has 1 N–H and O–H groups in total. The maximum atomic E-state index is 13.3. The van der Waals surface area contributed by atoms with Crippen molar-refractivity contribution in [1.29, 1.82) is 0 Å². The van der Waals surface area contributed by atoms with Gasteiger partial charge in [0.15, 0.2) is 0 Å². The van der Waals surface area contributed by atoms with Crippen LogP contribution in [0.2, 0.25) is 0 Å². The molecule has 6 heteroatoms. The topological polar surface area (TPSA) is 52.0 Å². The van der Waals surface area contributed by atoms with Crippen LogP contribution in [0.25, 0.3) is 0 Å². The summed E-state index contributed by atoms with van der Waals surface area (Å²) in [5.41, 5.74) is 2.64. The lowest BCUT2D eigenvalue weighted by Crippen LogP contribution is -2.02. The molecule has 2 aromatic heterocycles. The lowest BCUT2D eigenvalue weighted by atomic mass is 10.2. The quantitative estimate of drug-likeness (QED) is 0.781. The minimum absolute atomic E-state index is 0.341. The molecule has 0 atom stereocenters. The molecular formula is C17H17FN4O. The van der Waals surface area contributed by atoms with E-state index in [1.54, 1.807) is 36.3 Å². The highest BCUT2D eigenvalue weighted by molar-refractivity contribution is 5.58. The Labute approximate surface area is 133 Å². The molecule has 0 aliphatic heterocycles.